The standard InChI is InChI=1S/C20H30N4O2S.HI/c1-4-18-15-23-19(27-18)10-11-22-20(21-5-2)24-16-8-6-9-17(14-16)26-13-7-12-25-3;/h6,8-9,14-15H,4-5,7,10-13H2,1-3H3,(H2,21,22,24);1H. The number of aliphatic imine (C=N–C) groups is 1. The normalized spacial score (nSPS) is 11.0. The quantitative estimate of drug-likeness (QED) is 0.200. The highest BCUT2D eigenvalue weighted by atomic mass is 127. The Morgan fingerprint density at radius 1 is 1.25 bits per heavy atom. The predicted octanol–water partition coefficient (Wildman–Crippen LogP) is 4.36. The van der Waals surface area contributed by atoms with Crippen LogP contribution in [0, 0.1) is 0 Å². The van der Waals surface area contributed by atoms with Crippen molar-refractivity contribution in [3.05, 3.63) is 40.3 Å². The van der Waals surface area contributed by atoms with E-state index >= 15 is 0 Å². The third-order valence-electron chi connectivity index (χ3n) is 3.75. The van der Waals surface area contributed by atoms with Crippen LogP contribution in [0.3, 0.4) is 0 Å². The summed E-state index contributed by atoms with van der Waals surface area (Å²) < 4.78 is 10.8. The van der Waals surface area contributed by atoms with Gasteiger partial charge in [-0.25, -0.2) is 4.98 Å². The van der Waals surface area contributed by atoms with Crippen LogP contribution in [0.15, 0.2) is 35.5 Å². The number of benzene rings is 1. The van der Waals surface area contributed by atoms with Gasteiger partial charge in [0.1, 0.15) is 5.75 Å². The molecule has 0 aliphatic heterocycles. The van der Waals surface area contributed by atoms with E-state index < -0.39 is 0 Å². The van der Waals surface area contributed by atoms with Gasteiger partial charge >= 0.3 is 0 Å². The zero-order valence-electron chi connectivity index (χ0n) is 16.9. The molecule has 0 spiro atoms. The Balaban J connectivity index is 0.00000392. The van der Waals surface area contributed by atoms with Gasteiger partial charge in [0.2, 0.25) is 0 Å². The molecule has 0 saturated carbocycles. The Morgan fingerprint density at radius 2 is 2.11 bits per heavy atom. The second-order valence-electron chi connectivity index (χ2n) is 5.93. The molecule has 1 aromatic heterocycles. The topological polar surface area (TPSA) is 67.8 Å². The average molecular weight is 518 g/mol. The molecule has 0 aliphatic rings. The Morgan fingerprint density at radius 3 is 2.82 bits per heavy atom. The van der Waals surface area contributed by atoms with E-state index in [0.29, 0.717) is 19.8 Å². The molecule has 0 saturated heterocycles. The Kier molecular flexibility index (Phi) is 12.8. The van der Waals surface area contributed by atoms with Gasteiger partial charge < -0.3 is 20.1 Å². The number of aromatic nitrogens is 1. The largest absolute Gasteiger partial charge is 0.493 e. The molecule has 0 bridgehead atoms. The van der Waals surface area contributed by atoms with Crippen molar-refractivity contribution in [1.82, 2.24) is 10.3 Å². The summed E-state index contributed by atoms with van der Waals surface area (Å²) in [7, 11) is 1.70. The second kappa shape index (κ2) is 14.6. The van der Waals surface area contributed by atoms with Crippen LogP contribution in [-0.2, 0) is 17.6 Å². The van der Waals surface area contributed by atoms with Crippen LogP contribution in [0.1, 0.15) is 30.2 Å². The van der Waals surface area contributed by atoms with Crippen LogP contribution in [0.2, 0.25) is 0 Å². The molecule has 6 nitrogen and oxygen atoms in total. The first-order valence-electron chi connectivity index (χ1n) is 9.45. The van der Waals surface area contributed by atoms with Gasteiger partial charge in [0.05, 0.1) is 11.6 Å². The fourth-order valence-corrected chi connectivity index (χ4v) is 3.24. The minimum absolute atomic E-state index is 0. The average Bonchev–Trinajstić information content (AvgIpc) is 3.14. The van der Waals surface area contributed by atoms with Crippen molar-refractivity contribution in [2.75, 3.05) is 38.7 Å². The van der Waals surface area contributed by atoms with Crippen LogP contribution < -0.4 is 15.4 Å². The van der Waals surface area contributed by atoms with Crippen LogP contribution in [0.5, 0.6) is 5.75 Å². The number of aryl methyl sites for hydroxylation is 1. The summed E-state index contributed by atoms with van der Waals surface area (Å²) in [6.07, 6.45) is 4.72. The lowest BCUT2D eigenvalue weighted by Gasteiger charge is -2.12. The fourth-order valence-electron chi connectivity index (χ4n) is 2.39. The summed E-state index contributed by atoms with van der Waals surface area (Å²) in [4.78, 5) is 10.4. The smallest absolute Gasteiger partial charge is 0.195 e. The van der Waals surface area contributed by atoms with Crippen molar-refractivity contribution in [1.29, 1.82) is 0 Å². The first kappa shape index (κ1) is 24.6. The Labute approximate surface area is 189 Å². The SMILES string of the molecule is CCNC(=NCCc1ncc(CC)s1)Nc1cccc(OCCCOC)c1.I. The van der Waals surface area contributed by atoms with Gasteiger partial charge in [-0.15, -0.1) is 35.3 Å². The molecular formula is C20H31IN4O2S. The summed E-state index contributed by atoms with van der Waals surface area (Å²) in [5.41, 5.74) is 0.946. The van der Waals surface area contributed by atoms with E-state index in [9.17, 15) is 0 Å². The lowest BCUT2D eigenvalue weighted by molar-refractivity contribution is 0.172. The highest BCUT2D eigenvalue weighted by molar-refractivity contribution is 14.0. The number of guanidine groups is 1. The molecule has 0 atom stereocenters. The van der Waals surface area contributed by atoms with Gasteiger partial charge in [0.25, 0.3) is 0 Å². The molecule has 1 heterocycles. The zero-order chi connectivity index (χ0) is 19.3. The van der Waals surface area contributed by atoms with Crippen molar-refractivity contribution in [2.45, 2.75) is 33.1 Å². The molecule has 2 N–H and O–H groups in total. The number of thiazole rings is 1. The van der Waals surface area contributed by atoms with Crippen molar-refractivity contribution in [3.8, 4) is 5.75 Å². The first-order chi connectivity index (χ1) is 13.2. The minimum Gasteiger partial charge on any atom is -0.493 e. The molecule has 0 fully saturated rings. The van der Waals surface area contributed by atoms with Gasteiger partial charge in [-0.3, -0.25) is 4.99 Å². The van der Waals surface area contributed by atoms with E-state index in [-0.39, 0.29) is 24.0 Å². The van der Waals surface area contributed by atoms with E-state index in [1.807, 2.05) is 30.5 Å². The van der Waals surface area contributed by atoms with Gasteiger partial charge in [0.15, 0.2) is 5.96 Å². The van der Waals surface area contributed by atoms with Gasteiger partial charge in [-0.1, -0.05) is 13.0 Å². The lowest BCUT2D eigenvalue weighted by atomic mass is 10.3. The molecular weight excluding hydrogens is 487 g/mol. The summed E-state index contributed by atoms with van der Waals surface area (Å²) in [6, 6.07) is 7.91. The Hall–Kier alpha value is -1.39. The summed E-state index contributed by atoms with van der Waals surface area (Å²) in [5, 5.41) is 7.76. The third-order valence-corrected chi connectivity index (χ3v) is 4.95. The molecule has 0 aliphatic carbocycles. The lowest BCUT2D eigenvalue weighted by Crippen LogP contribution is -2.30. The number of halogens is 1. The number of nitrogens with zero attached hydrogens (tertiary/aromatic N) is 2. The summed E-state index contributed by atoms with van der Waals surface area (Å²) in [5.74, 6) is 1.60. The molecule has 2 aromatic rings. The summed E-state index contributed by atoms with van der Waals surface area (Å²) in [6.45, 7) is 7.04. The zero-order valence-corrected chi connectivity index (χ0v) is 20.0. The van der Waals surface area contributed by atoms with E-state index in [2.05, 4.69) is 34.5 Å². The molecule has 2 rings (SSSR count). The van der Waals surface area contributed by atoms with E-state index in [1.54, 1.807) is 18.4 Å². The van der Waals surface area contributed by atoms with Gasteiger partial charge in [-0.05, 0) is 25.5 Å². The van der Waals surface area contributed by atoms with E-state index in [0.717, 1.165) is 48.2 Å². The third kappa shape index (κ3) is 9.20. The van der Waals surface area contributed by atoms with E-state index in [1.165, 1.54) is 4.88 Å². The van der Waals surface area contributed by atoms with Crippen molar-refractivity contribution < 1.29 is 9.47 Å². The highest BCUT2D eigenvalue weighted by Crippen LogP contribution is 2.18. The molecule has 1 aromatic carbocycles. The molecule has 0 amide bonds. The molecule has 8 heteroatoms. The van der Waals surface area contributed by atoms with Crippen molar-refractivity contribution in [2.24, 2.45) is 4.99 Å². The number of ether oxygens (including phenoxy) is 2. The second-order valence-corrected chi connectivity index (χ2v) is 7.13. The Bertz CT molecular complexity index is 709. The maximum absolute atomic E-state index is 5.76. The maximum Gasteiger partial charge on any atom is 0.195 e. The monoisotopic (exact) mass is 518 g/mol. The molecule has 0 radical (unpaired) electrons. The van der Waals surface area contributed by atoms with Crippen LogP contribution >= 0.6 is 35.3 Å². The van der Waals surface area contributed by atoms with Crippen LogP contribution in [0.4, 0.5) is 5.69 Å². The van der Waals surface area contributed by atoms with Crippen LogP contribution in [0.25, 0.3) is 0 Å². The number of methoxy groups -OCH3 is 1. The number of rotatable bonds is 11. The summed E-state index contributed by atoms with van der Waals surface area (Å²) >= 11 is 1.77. The predicted molar refractivity (Wildman–Crippen MR) is 129 cm³/mol. The molecule has 156 valence electrons. The van der Waals surface area contributed by atoms with Crippen LogP contribution in [-0.4, -0.2) is 44.4 Å². The minimum atomic E-state index is 0. The molecule has 28 heavy (non-hydrogen) atoms. The number of nitrogens with one attached hydrogen (secondary N) is 2. The van der Waals surface area contributed by atoms with Crippen molar-refractivity contribution >= 4 is 47.0 Å². The van der Waals surface area contributed by atoms with Crippen molar-refractivity contribution in [3.63, 3.8) is 0 Å². The van der Waals surface area contributed by atoms with E-state index in [4.69, 9.17) is 9.47 Å². The molecule has 0 unspecified atom stereocenters. The number of hydrogen-bond donors (Lipinski definition) is 2. The maximum atomic E-state index is 5.76. The fraction of sp³-hybridized carbons (Fsp3) is 0.500. The first-order valence-corrected chi connectivity index (χ1v) is 10.3. The van der Waals surface area contributed by atoms with Gasteiger partial charge in [-0.2, -0.15) is 0 Å². The van der Waals surface area contributed by atoms with Gasteiger partial charge in [0, 0.05) is 62.5 Å². The number of anilines is 1. The highest BCUT2D eigenvalue weighted by Gasteiger charge is 2.03. The number of hydrogen-bond acceptors (Lipinski definition) is 5.